The van der Waals surface area contributed by atoms with E-state index in [1.165, 1.54) is 53.6 Å². The molecule has 0 aliphatic heterocycles. The fraction of sp³-hybridized carbons (Fsp3) is 0.0625. The summed E-state index contributed by atoms with van der Waals surface area (Å²) in [5.74, 6) is -0.783. The van der Waals surface area contributed by atoms with Crippen molar-refractivity contribution in [3.05, 3.63) is 76.8 Å². The topological polar surface area (TPSA) is 47.8 Å². The molecule has 1 aromatic heterocycles. The van der Waals surface area contributed by atoms with Crippen LogP contribution in [0.15, 0.2) is 55.1 Å². The van der Waals surface area contributed by atoms with Crippen LogP contribution in [0.25, 0.3) is 5.69 Å². The van der Waals surface area contributed by atoms with E-state index in [1.54, 1.807) is 0 Å². The lowest BCUT2D eigenvalue weighted by atomic mass is 9.96. The van der Waals surface area contributed by atoms with Crippen LogP contribution in [0.5, 0.6) is 0 Å². The van der Waals surface area contributed by atoms with Gasteiger partial charge in [0.15, 0.2) is 5.78 Å². The van der Waals surface area contributed by atoms with Crippen LogP contribution in [0.3, 0.4) is 0 Å². The first-order valence-electron chi connectivity index (χ1n) is 6.73. The Balaban J connectivity index is 2.26. The van der Waals surface area contributed by atoms with Gasteiger partial charge in [0.2, 0.25) is 0 Å². The first kappa shape index (κ1) is 16.2. The van der Waals surface area contributed by atoms with E-state index in [0.29, 0.717) is 0 Å². The predicted octanol–water partition coefficient (Wildman–Crippen LogP) is 4.17. The highest BCUT2D eigenvalue weighted by Crippen LogP contribution is 2.35. The molecule has 0 fully saturated rings. The molecule has 3 aromatic rings. The average molecular weight is 352 g/mol. The maximum Gasteiger partial charge on any atom is 0.417 e. The van der Waals surface area contributed by atoms with Crippen LogP contribution in [0.4, 0.5) is 13.2 Å². The zero-order valence-electron chi connectivity index (χ0n) is 12.0. The minimum atomic E-state index is -4.69. The third-order valence-electron chi connectivity index (χ3n) is 3.36. The maximum atomic E-state index is 13.4. The van der Waals surface area contributed by atoms with Gasteiger partial charge in [-0.3, -0.25) is 9.36 Å². The molecule has 0 saturated heterocycles. The number of benzene rings is 2. The minimum Gasteiger partial charge on any atom is -0.289 e. The highest BCUT2D eigenvalue weighted by molar-refractivity contribution is 6.31. The van der Waals surface area contributed by atoms with E-state index in [9.17, 15) is 18.0 Å². The Morgan fingerprint density at radius 1 is 1.04 bits per heavy atom. The van der Waals surface area contributed by atoms with Crippen molar-refractivity contribution in [1.82, 2.24) is 14.8 Å². The molecule has 3 rings (SSSR count). The van der Waals surface area contributed by atoms with Gasteiger partial charge in [0.05, 0.1) is 16.8 Å². The standard InChI is InChI=1S/C16H9ClF3N3O/c17-11-4-1-3-10(7-11)15(24)14-12(16(18,19)20)5-2-6-13(14)23-8-21-22-9-23/h1-9H. The van der Waals surface area contributed by atoms with E-state index >= 15 is 0 Å². The highest BCUT2D eigenvalue weighted by Gasteiger charge is 2.37. The average Bonchev–Trinajstić information content (AvgIpc) is 3.07. The van der Waals surface area contributed by atoms with Crippen molar-refractivity contribution in [2.45, 2.75) is 6.18 Å². The van der Waals surface area contributed by atoms with E-state index in [0.717, 1.165) is 6.07 Å². The molecule has 24 heavy (non-hydrogen) atoms. The van der Waals surface area contributed by atoms with Crippen LogP contribution in [0, 0.1) is 0 Å². The van der Waals surface area contributed by atoms with Gasteiger partial charge in [0.25, 0.3) is 0 Å². The molecule has 0 radical (unpaired) electrons. The van der Waals surface area contributed by atoms with Crippen LogP contribution < -0.4 is 0 Å². The Labute approximate surface area is 139 Å². The van der Waals surface area contributed by atoms with Gasteiger partial charge in [-0.15, -0.1) is 10.2 Å². The second kappa shape index (κ2) is 6.09. The number of alkyl halides is 3. The molecule has 8 heteroatoms. The molecule has 0 aliphatic rings. The quantitative estimate of drug-likeness (QED) is 0.665. The summed E-state index contributed by atoms with van der Waals surface area (Å²) in [5.41, 5.74) is -1.40. The number of nitrogens with zero attached hydrogens (tertiary/aromatic N) is 3. The van der Waals surface area contributed by atoms with Crippen LogP contribution in [0.2, 0.25) is 5.02 Å². The highest BCUT2D eigenvalue weighted by atomic mass is 35.5. The van der Waals surface area contributed by atoms with Crippen LogP contribution in [-0.2, 0) is 6.18 Å². The van der Waals surface area contributed by atoms with Crippen LogP contribution in [0.1, 0.15) is 21.5 Å². The number of aromatic nitrogens is 3. The second-order valence-corrected chi connectivity index (χ2v) is 5.34. The van der Waals surface area contributed by atoms with Gasteiger partial charge in [-0.2, -0.15) is 13.2 Å². The Morgan fingerprint density at radius 3 is 2.33 bits per heavy atom. The lowest BCUT2D eigenvalue weighted by molar-refractivity contribution is -0.137. The molecule has 0 unspecified atom stereocenters. The monoisotopic (exact) mass is 351 g/mol. The summed E-state index contributed by atoms with van der Waals surface area (Å²) in [4.78, 5) is 12.8. The molecule has 2 aromatic carbocycles. The minimum absolute atomic E-state index is 0.0415. The molecule has 1 heterocycles. The molecule has 0 spiro atoms. The maximum absolute atomic E-state index is 13.4. The second-order valence-electron chi connectivity index (χ2n) is 4.91. The summed E-state index contributed by atoms with van der Waals surface area (Å²) in [5, 5.41) is 7.41. The summed E-state index contributed by atoms with van der Waals surface area (Å²) >= 11 is 5.85. The lowest BCUT2D eigenvalue weighted by Crippen LogP contribution is -2.17. The Kier molecular flexibility index (Phi) is 4.11. The fourth-order valence-corrected chi connectivity index (χ4v) is 2.52. The molecule has 122 valence electrons. The molecule has 0 atom stereocenters. The summed E-state index contributed by atoms with van der Waals surface area (Å²) < 4.78 is 41.5. The smallest absolute Gasteiger partial charge is 0.289 e. The van der Waals surface area contributed by atoms with Gasteiger partial charge in [-0.25, -0.2) is 0 Å². The number of halogens is 4. The van der Waals surface area contributed by atoms with Gasteiger partial charge in [-0.1, -0.05) is 29.8 Å². The number of carbonyl (C=O) groups is 1. The summed E-state index contributed by atoms with van der Waals surface area (Å²) in [6, 6.07) is 9.28. The van der Waals surface area contributed by atoms with Crippen molar-refractivity contribution >= 4 is 17.4 Å². The van der Waals surface area contributed by atoms with Gasteiger partial charge in [0, 0.05) is 10.6 Å². The SMILES string of the molecule is O=C(c1cccc(Cl)c1)c1c(-n2cnnc2)cccc1C(F)(F)F. The zero-order valence-corrected chi connectivity index (χ0v) is 12.7. The molecule has 4 nitrogen and oxygen atoms in total. The molecule has 0 bridgehead atoms. The number of carbonyl (C=O) groups excluding carboxylic acids is 1. The van der Waals surface area contributed by atoms with Gasteiger partial charge in [0.1, 0.15) is 12.7 Å². The van der Waals surface area contributed by atoms with E-state index in [4.69, 9.17) is 11.6 Å². The number of rotatable bonds is 3. The first-order valence-corrected chi connectivity index (χ1v) is 7.11. The molecular weight excluding hydrogens is 343 g/mol. The largest absolute Gasteiger partial charge is 0.417 e. The summed E-state index contributed by atoms with van der Waals surface area (Å²) in [7, 11) is 0. The van der Waals surface area contributed by atoms with Crippen molar-refractivity contribution in [3.8, 4) is 5.69 Å². The number of hydrogen-bond donors (Lipinski definition) is 0. The molecular formula is C16H9ClF3N3O. The van der Waals surface area contributed by atoms with Crippen molar-refractivity contribution < 1.29 is 18.0 Å². The van der Waals surface area contributed by atoms with E-state index < -0.39 is 23.1 Å². The van der Waals surface area contributed by atoms with Gasteiger partial charge >= 0.3 is 6.18 Å². The van der Waals surface area contributed by atoms with E-state index in [2.05, 4.69) is 10.2 Å². The molecule has 0 amide bonds. The van der Waals surface area contributed by atoms with Crippen molar-refractivity contribution in [3.63, 3.8) is 0 Å². The Morgan fingerprint density at radius 2 is 1.71 bits per heavy atom. The fourth-order valence-electron chi connectivity index (χ4n) is 2.33. The third-order valence-corrected chi connectivity index (χ3v) is 3.59. The third kappa shape index (κ3) is 3.03. The Bertz CT molecular complexity index is 892. The van der Waals surface area contributed by atoms with Crippen molar-refractivity contribution in [2.75, 3.05) is 0 Å². The molecule has 0 N–H and O–H groups in total. The van der Waals surface area contributed by atoms with E-state index in [1.807, 2.05) is 0 Å². The number of ketones is 1. The summed E-state index contributed by atoms with van der Waals surface area (Å²) in [6.07, 6.45) is -2.23. The van der Waals surface area contributed by atoms with E-state index in [-0.39, 0.29) is 16.3 Å². The van der Waals surface area contributed by atoms with Crippen LogP contribution in [-0.4, -0.2) is 20.5 Å². The van der Waals surface area contributed by atoms with Crippen LogP contribution >= 0.6 is 11.6 Å². The molecule has 0 aliphatic carbocycles. The zero-order chi connectivity index (χ0) is 17.3. The van der Waals surface area contributed by atoms with Crippen molar-refractivity contribution in [2.24, 2.45) is 0 Å². The predicted molar refractivity (Wildman–Crippen MR) is 81.2 cm³/mol. The van der Waals surface area contributed by atoms with Crippen molar-refractivity contribution in [1.29, 1.82) is 0 Å². The van der Waals surface area contributed by atoms with Gasteiger partial charge in [-0.05, 0) is 24.3 Å². The first-order chi connectivity index (χ1) is 11.4. The lowest BCUT2D eigenvalue weighted by Gasteiger charge is -2.16. The Hall–Kier alpha value is -2.67. The normalized spacial score (nSPS) is 11.5. The van der Waals surface area contributed by atoms with Gasteiger partial charge < -0.3 is 0 Å². The summed E-state index contributed by atoms with van der Waals surface area (Å²) in [6.45, 7) is 0. The molecule has 0 saturated carbocycles. The number of hydrogen-bond acceptors (Lipinski definition) is 3.